The fourth-order valence-electron chi connectivity index (χ4n) is 5.57. The highest BCUT2D eigenvalue weighted by atomic mass is 16.6. The van der Waals surface area contributed by atoms with Gasteiger partial charge in [-0.3, -0.25) is 4.90 Å². The Labute approximate surface area is 239 Å². The second-order valence-electron chi connectivity index (χ2n) is 9.80. The van der Waals surface area contributed by atoms with E-state index in [1.807, 2.05) is 7.05 Å². The van der Waals surface area contributed by atoms with Crippen molar-refractivity contribution in [3.8, 4) is 34.5 Å². The minimum absolute atomic E-state index is 0.0787. The highest BCUT2D eigenvalue weighted by Crippen LogP contribution is 2.41. The number of ether oxygens (including phenoxy) is 8. The highest BCUT2D eigenvalue weighted by Gasteiger charge is 2.47. The number of piperidine rings is 1. The van der Waals surface area contributed by atoms with Gasteiger partial charge < -0.3 is 37.9 Å². The molecule has 2 heterocycles. The van der Waals surface area contributed by atoms with E-state index in [0.717, 1.165) is 0 Å². The van der Waals surface area contributed by atoms with E-state index in [-0.39, 0.29) is 24.3 Å². The molecule has 0 N–H and O–H groups in total. The Hall–Kier alpha value is -4.12. The molecule has 0 aromatic heterocycles. The van der Waals surface area contributed by atoms with Crippen LogP contribution < -0.4 is 28.4 Å². The van der Waals surface area contributed by atoms with E-state index in [2.05, 4.69) is 4.90 Å². The van der Waals surface area contributed by atoms with Crippen LogP contribution in [0.3, 0.4) is 0 Å². The monoisotopic (exact) mass is 571 g/mol. The first-order valence-corrected chi connectivity index (χ1v) is 13.2. The molecule has 0 amide bonds. The van der Waals surface area contributed by atoms with Gasteiger partial charge in [-0.15, -0.1) is 0 Å². The van der Waals surface area contributed by atoms with Crippen LogP contribution in [0.2, 0.25) is 0 Å². The lowest BCUT2D eigenvalue weighted by molar-refractivity contribution is -0.144. The lowest BCUT2D eigenvalue weighted by Gasteiger charge is -2.36. The third kappa shape index (κ3) is 6.30. The molecule has 0 aliphatic carbocycles. The Morgan fingerprint density at radius 1 is 0.732 bits per heavy atom. The SMILES string of the molecule is COc1cc(/C=C/C(=O)O[C@@H]2C[C@H]3C[C@@H](OC(=O)c4cc(OC)c(OC)c(OC)c4)C[C@@H]2N3C)cc(OC)c1OC. The first-order chi connectivity index (χ1) is 19.8. The van der Waals surface area contributed by atoms with Gasteiger partial charge in [0.05, 0.1) is 54.3 Å². The second-order valence-corrected chi connectivity index (χ2v) is 9.80. The smallest absolute Gasteiger partial charge is 0.338 e. The van der Waals surface area contributed by atoms with Gasteiger partial charge in [-0.2, -0.15) is 0 Å². The molecule has 4 atom stereocenters. The zero-order valence-electron chi connectivity index (χ0n) is 24.4. The Balaban J connectivity index is 1.40. The van der Waals surface area contributed by atoms with Crippen molar-refractivity contribution in [1.29, 1.82) is 0 Å². The number of nitrogens with zero attached hydrogens (tertiary/aromatic N) is 1. The molecule has 2 aliphatic rings. The van der Waals surface area contributed by atoms with Crippen LogP contribution in [-0.4, -0.2) is 90.8 Å². The molecule has 11 heteroatoms. The summed E-state index contributed by atoms with van der Waals surface area (Å²) in [7, 11) is 11.1. The number of likely N-dealkylation sites (N-methyl/N-ethyl adjacent to an activating group) is 1. The zero-order valence-corrected chi connectivity index (χ0v) is 24.4. The number of benzene rings is 2. The standard InChI is InChI=1S/C30H37NO10/c1-31-19-14-20(40-30(33)18-12-25(36-4)29(39-7)26(13-18)37-5)16-21(31)22(15-19)41-27(32)9-8-17-10-23(34-2)28(38-6)24(11-17)35-3/h8-13,19-22H,14-16H2,1-7H3/b9-8+/t19-,20-,21+,22-/m1/s1. The van der Waals surface area contributed by atoms with E-state index in [4.69, 9.17) is 37.9 Å². The highest BCUT2D eigenvalue weighted by molar-refractivity contribution is 5.91. The van der Waals surface area contributed by atoms with Crippen molar-refractivity contribution in [1.82, 2.24) is 4.90 Å². The third-order valence-corrected chi connectivity index (χ3v) is 7.61. The second kappa shape index (κ2) is 13.0. The molecule has 4 rings (SSSR count). The third-order valence-electron chi connectivity index (χ3n) is 7.61. The van der Waals surface area contributed by atoms with Crippen LogP contribution in [0.4, 0.5) is 0 Å². The summed E-state index contributed by atoms with van der Waals surface area (Å²) in [4.78, 5) is 28.0. The summed E-state index contributed by atoms with van der Waals surface area (Å²) < 4.78 is 43.9. The van der Waals surface area contributed by atoms with Crippen molar-refractivity contribution >= 4 is 18.0 Å². The van der Waals surface area contributed by atoms with E-state index >= 15 is 0 Å². The van der Waals surface area contributed by atoms with Gasteiger partial charge in [0.1, 0.15) is 12.2 Å². The van der Waals surface area contributed by atoms with Gasteiger partial charge in [-0.25, -0.2) is 9.59 Å². The first-order valence-electron chi connectivity index (χ1n) is 13.2. The molecule has 0 radical (unpaired) electrons. The molecular formula is C30H37NO10. The average Bonchev–Trinajstić information content (AvgIpc) is 3.14. The Morgan fingerprint density at radius 2 is 1.27 bits per heavy atom. The van der Waals surface area contributed by atoms with Crippen molar-refractivity contribution in [2.75, 3.05) is 49.7 Å². The van der Waals surface area contributed by atoms with E-state index in [1.54, 1.807) is 30.3 Å². The van der Waals surface area contributed by atoms with Crippen LogP contribution in [0.5, 0.6) is 34.5 Å². The maximum absolute atomic E-state index is 13.1. The van der Waals surface area contributed by atoms with Crippen molar-refractivity contribution in [2.24, 2.45) is 0 Å². The summed E-state index contributed by atoms with van der Waals surface area (Å²) in [5.41, 5.74) is 0.989. The molecule has 41 heavy (non-hydrogen) atoms. The average molecular weight is 572 g/mol. The summed E-state index contributed by atoms with van der Waals surface area (Å²) in [5, 5.41) is 0. The molecule has 0 saturated carbocycles. The minimum atomic E-state index is -0.486. The molecule has 2 aromatic rings. The predicted molar refractivity (Wildman–Crippen MR) is 150 cm³/mol. The van der Waals surface area contributed by atoms with E-state index in [9.17, 15) is 9.59 Å². The van der Waals surface area contributed by atoms with Gasteiger partial charge in [0.15, 0.2) is 23.0 Å². The first kappa shape index (κ1) is 29.9. The molecule has 2 bridgehead atoms. The predicted octanol–water partition coefficient (Wildman–Crippen LogP) is 3.76. The van der Waals surface area contributed by atoms with Crippen LogP contribution in [-0.2, 0) is 14.3 Å². The van der Waals surface area contributed by atoms with Crippen LogP contribution in [0.1, 0.15) is 35.2 Å². The molecule has 2 fully saturated rings. The Kier molecular flexibility index (Phi) is 9.49. The summed E-state index contributed by atoms with van der Waals surface area (Å²) in [6.07, 6.45) is 4.20. The van der Waals surface area contributed by atoms with Crippen LogP contribution in [0.25, 0.3) is 6.08 Å². The molecule has 2 aliphatic heterocycles. The normalized spacial score (nSPS) is 21.7. The maximum atomic E-state index is 13.1. The number of hydrogen-bond acceptors (Lipinski definition) is 11. The van der Waals surface area contributed by atoms with Crippen molar-refractivity contribution < 1.29 is 47.5 Å². The molecule has 0 unspecified atom stereocenters. The van der Waals surface area contributed by atoms with Gasteiger partial charge in [-0.1, -0.05) is 0 Å². The molecule has 222 valence electrons. The molecule has 2 aromatic carbocycles. The van der Waals surface area contributed by atoms with Crippen molar-refractivity contribution in [3.05, 3.63) is 41.5 Å². The van der Waals surface area contributed by atoms with Crippen LogP contribution in [0, 0.1) is 0 Å². The van der Waals surface area contributed by atoms with E-state index in [1.165, 1.54) is 48.7 Å². The van der Waals surface area contributed by atoms with Crippen LogP contribution >= 0.6 is 0 Å². The number of carbonyl (C=O) groups excluding carboxylic acids is 2. The van der Waals surface area contributed by atoms with E-state index in [0.29, 0.717) is 64.9 Å². The summed E-state index contributed by atoms with van der Waals surface area (Å²) >= 11 is 0. The number of methoxy groups -OCH3 is 6. The Bertz CT molecular complexity index is 1240. The number of rotatable bonds is 11. The zero-order chi connectivity index (χ0) is 29.7. The van der Waals surface area contributed by atoms with Crippen molar-refractivity contribution in [2.45, 2.75) is 43.6 Å². The summed E-state index contributed by atoms with van der Waals surface area (Å²) in [5.74, 6) is 1.62. The van der Waals surface area contributed by atoms with Gasteiger partial charge in [0.25, 0.3) is 0 Å². The number of esters is 2. The van der Waals surface area contributed by atoms with Crippen molar-refractivity contribution in [3.63, 3.8) is 0 Å². The lowest BCUT2D eigenvalue weighted by atomic mass is 10.00. The molecular weight excluding hydrogens is 534 g/mol. The number of carbonyl (C=O) groups is 2. The number of hydrogen-bond donors (Lipinski definition) is 0. The quantitative estimate of drug-likeness (QED) is 0.290. The Morgan fingerprint density at radius 3 is 1.78 bits per heavy atom. The van der Waals surface area contributed by atoms with Gasteiger partial charge in [0.2, 0.25) is 11.5 Å². The minimum Gasteiger partial charge on any atom is -0.493 e. The van der Waals surface area contributed by atoms with Gasteiger partial charge >= 0.3 is 11.9 Å². The molecule has 2 saturated heterocycles. The van der Waals surface area contributed by atoms with Crippen LogP contribution in [0.15, 0.2) is 30.3 Å². The lowest BCUT2D eigenvalue weighted by Crippen LogP contribution is -2.46. The summed E-state index contributed by atoms with van der Waals surface area (Å²) in [6.45, 7) is 0. The number of fused-ring (bicyclic) bond motifs is 2. The van der Waals surface area contributed by atoms with Gasteiger partial charge in [-0.05, 0) is 43.0 Å². The molecule has 0 spiro atoms. The fraction of sp³-hybridized carbons (Fsp3) is 0.467. The topological polar surface area (TPSA) is 111 Å². The van der Waals surface area contributed by atoms with Gasteiger partial charge in [0, 0.05) is 31.4 Å². The fourth-order valence-corrected chi connectivity index (χ4v) is 5.57. The summed E-state index contributed by atoms with van der Waals surface area (Å²) in [6, 6.07) is 6.66. The largest absolute Gasteiger partial charge is 0.493 e. The maximum Gasteiger partial charge on any atom is 0.338 e. The van der Waals surface area contributed by atoms with E-state index < -0.39 is 11.9 Å². The molecule has 11 nitrogen and oxygen atoms in total.